The van der Waals surface area contributed by atoms with Crippen LogP contribution in [0.5, 0.6) is 5.75 Å². The first kappa shape index (κ1) is 14.8. The van der Waals surface area contributed by atoms with E-state index in [0.717, 1.165) is 0 Å². The number of amides is 3. The predicted molar refractivity (Wildman–Crippen MR) is 81.8 cm³/mol. The molecule has 2 aromatic carbocycles. The van der Waals surface area contributed by atoms with Crippen LogP contribution in [0.2, 0.25) is 0 Å². The lowest BCUT2D eigenvalue weighted by molar-refractivity contribution is -0.115. The topological polar surface area (TPSA) is 67.4 Å². The van der Waals surface area contributed by atoms with Gasteiger partial charge in [-0.3, -0.25) is 10.1 Å². The van der Waals surface area contributed by atoms with Crippen molar-refractivity contribution in [1.82, 2.24) is 10.6 Å². The molecule has 0 aromatic heterocycles. The molecule has 0 saturated carbocycles. The van der Waals surface area contributed by atoms with Gasteiger partial charge in [-0.25, -0.2) is 9.18 Å². The number of hydrogen-bond acceptors (Lipinski definition) is 3. The molecule has 2 N–H and O–H groups in total. The largest absolute Gasteiger partial charge is 0.488 e. The molecular weight excluding hydrogens is 299 g/mol. The van der Waals surface area contributed by atoms with Gasteiger partial charge in [-0.2, -0.15) is 0 Å². The van der Waals surface area contributed by atoms with Crippen LogP contribution in [0.25, 0.3) is 6.08 Å². The first-order chi connectivity index (χ1) is 11.1. The maximum atomic E-state index is 13.6. The van der Waals surface area contributed by atoms with Gasteiger partial charge in [0.15, 0.2) is 0 Å². The smallest absolute Gasteiger partial charge is 0.326 e. The molecule has 0 atom stereocenters. The van der Waals surface area contributed by atoms with Crippen molar-refractivity contribution < 1.29 is 18.7 Å². The Labute approximate surface area is 131 Å². The zero-order valence-electron chi connectivity index (χ0n) is 12.0. The maximum Gasteiger partial charge on any atom is 0.326 e. The highest BCUT2D eigenvalue weighted by atomic mass is 19.1. The van der Waals surface area contributed by atoms with Crippen molar-refractivity contribution >= 4 is 18.0 Å². The highest BCUT2D eigenvalue weighted by Gasteiger charge is 2.23. The van der Waals surface area contributed by atoms with Gasteiger partial charge in [0, 0.05) is 11.1 Å². The van der Waals surface area contributed by atoms with E-state index in [4.69, 9.17) is 4.74 Å². The van der Waals surface area contributed by atoms with Gasteiger partial charge >= 0.3 is 6.03 Å². The van der Waals surface area contributed by atoms with Gasteiger partial charge < -0.3 is 10.1 Å². The van der Waals surface area contributed by atoms with E-state index in [9.17, 15) is 14.0 Å². The van der Waals surface area contributed by atoms with Crippen molar-refractivity contribution in [3.8, 4) is 5.75 Å². The van der Waals surface area contributed by atoms with Gasteiger partial charge in [0.05, 0.1) is 0 Å². The van der Waals surface area contributed by atoms with Crippen molar-refractivity contribution in [3.63, 3.8) is 0 Å². The molecule has 1 aliphatic heterocycles. The molecule has 23 heavy (non-hydrogen) atoms. The van der Waals surface area contributed by atoms with Crippen molar-refractivity contribution in [2.24, 2.45) is 0 Å². The van der Waals surface area contributed by atoms with Crippen LogP contribution in [-0.2, 0) is 11.4 Å². The Bertz CT molecular complexity index is 802. The highest BCUT2D eigenvalue weighted by molar-refractivity contribution is 6.14. The van der Waals surface area contributed by atoms with E-state index in [1.54, 1.807) is 42.5 Å². The minimum Gasteiger partial charge on any atom is -0.488 e. The molecule has 0 aliphatic carbocycles. The maximum absolute atomic E-state index is 13.6. The van der Waals surface area contributed by atoms with Crippen LogP contribution in [0.4, 0.5) is 9.18 Å². The van der Waals surface area contributed by atoms with Crippen LogP contribution in [0.15, 0.2) is 54.2 Å². The Kier molecular flexibility index (Phi) is 4.05. The van der Waals surface area contributed by atoms with E-state index in [-0.39, 0.29) is 18.1 Å². The van der Waals surface area contributed by atoms with E-state index in [2.05, 4.69) is 10.6 Å². The summed E-state index contributed by atoms with van der Waals surface area (Å²) < 4.78 is 19.3. The molecular formula is C17H13FN2O3. The van der Waals surface area contributed by atoms with Gasteiger partial charge in [0.2, 0.25) is 0 Å². The van der Waals surface area contributed by atoms with Crippen molar-refractivity contribution in [3.05, 3.63) is 71.2 Å². The van der Waals surface area contributed by atoms with Crippen LogP contribution in [0, 0.1) is 5.82 Å². The van der Waals surface area contributed by atoms with E-state index in [1.807, 2.05) is 0 Å². The summed E-state index contributed by atoms with van der Waals surface area (Å²) in [4.78, 5) is 22.7. The third-order valence-electron chi connectivity index (χ3n) is 3.28. The van der Waals surface area contributed by atoms with Gasteiger partial charge in [-0.15, -0.1) is 0 Å². The lowest BCUT2D eigenvalue weighted by atomic mass is 10.1. The van der Waals surface area contributed by atoms with Crippen LogP contribution < -0.4 is 15.4 Å². The molecule has 2 aromatic rings. The van der Waals surface area contributed by atoms with Crippen LogP contribution in [0.1, 0.15) is 11.1 Å². The SMILES string of the molecule is O=C1NC(=O)/C(=C\c2ccccc2OCc2ccccc2F)N1. The van der Waals surface area contributed by atoms with Crippen molar-refractivity contribution in [2.45, 2.75) is 6.61 Å². The summed E-state index contributed by atoms with van der Waals surface area (Å²) in [6.07, 6.45) is 1.51. The second-order valence-corrected chi connectivity index (χ2v) is 4.88. The molecule has 1 saturated heterocycles. The lowest BCUT2D eigenvalue weighted by Crippen LogP contribution is -2.22. The van der Waals surface area contributed by atoms with Crippen molar-refractivity contribution in [1.29, 1.82) is 0 Å². The van der Waals surface area contributed by atoms with E-state index < -0.39 is 11.9 Å². The van der Waals surface area contributed by atoms with E-state index >= 15 is 0 Å². The highest BCUT2D eigenvalue weighted by Crippen LogP contribution is 2.22. The van der Waals surface area contributed by atoms with E-state index in [0.29, 0.717) is 16.9 Å². The number of halogens is 1. The minimum atomic E-state index is -0.564. The number of ether oxygens (including phenoxy) is 1. The summed E-state index contributed by atoms with van der Waals surface area (Å²) in [6, 6.07) is 12.8. The summed E-state index contributed by atoms with van der Waals surface area (Å²) in [5.74, 6) is -0.359. The Morgan fingerprint density at radius 1 is 1.00 bits per heavy atom. The standard InChI is InChI=1S/C17H13FN2O3/c18-13-7-3-1-6-12(13)10-23-15-8-4-2-5-11(15)9-14-16(21)20-17(22)19-14/h1-9H,10H2,(H2,19,20,21,22)/b14-9+. The fourth-order valence-corrected chi connectivity index (χ4v) is 2.14. The van der Waals surface area contributed by atoms with Crippen LogP contribution in [-0.4, -0.2) is 11.9 Å². The number of imide groups is 1. The fourth-order valence-electron chi connectivity index (χ4n) is 2.14. The molecule has 3 amide bonds. The summed E-state index contributed by atoms with van der Waals surface area (Å²) in [5, 5.41) is 4.53. The number of urea groups is 1. The third kappa shape index (κ3) is 3.37. The van der Waals surface area contributed by atoms with Gasteiger partial charge in [-0.05, 0) is 18.2 Å². The predicted octanol–water partition coefficient (Wildman–Crippen LogP) is 2.58. The lowest BCUT2D eigenvalue weighted by Gasteiger charge is -2.10. The zero-order valence-corrected chi connectivity index (χ0v) is 12.0. The molecule has 1 aliphatic rings. The number of carbonyl (C=O) groups excluding carboxylic acids is 2. The van der Waals surface area contributed by atoms with Crippen molar-refractivity contribution in [2.75, 3.05) is 0 Å². The first-order valence-electron chi connectivity index (χ1n) is 6.93. The number of para-hydroxylation sites is 1. The molecule has 6 heteroatoms. The summed E-state index contributed by atoms with van der Waals surface area (Å²) in [7, 11) is 0. The third-order valence-corrected chi connectivity index (χ3v) is 3.28. The normalized spacial score (nSPS) is 15.4. The minimum absolute atomic E-state index is 0.0609. The molecule has 0 radical (unpaired) electrons. The summed E-state index contributed by atoms with van der Waals surface area (Å²) in [6.45, 7) is 0.0609. The van der Waals surface area contributed by atoms with Gasteiger partial charge in [0.1, 0.15) is 23.9 Å². The molecule has 0 spiro atoms. The molecule has 3 rings (SSSR count). The number of benzene rings is 2. The molecule has 116 valence electrons. The van der Waals surface area contributed by atoms with E-state index in [1.165, 1.54) is 12.1 Å². The molecule has 1 heterocycles. The Morgan fingerprint density at radius 2 is 1.74 bits per heavy atom. The number of hydrogen-bond donors (Lipinski definition) is 2. The van der Waals surface area contributed by atoms with Crippen LogP contribution >= 0.6 is 0 Å². The molecule has 0 unspecified atom stereocenters. The molecule has 1 fully saturated rings. The quantitative estimate of drug-likeness (QED) is 0.673. The average molecular weight is 312 g/mol. The summed E-state index contributed by atoms with van der Waals surface area (Å²) >= 11 is 0. The Balaban J connectivity index is 1.81. The average Bonchev–Trinajstić information content (AvgIpc) is 2.85. The second kappa shape index (κ2) is 6.31. The molecule has 0 bridgehead atoms. The number of nitrogens with one attached hydrogen (secondary N) is 2. The van der Waals surface area contributed by atoms with Crippen LogP contribution in [0.3, 0.4) is 0 Å². The monoisotopic (exact) mass is 312 g/mol. The molecule has 5 nitrogen and oxygen atoms in total. The number of carbonyl (C=O) groups is 2. The Hall–Kier alpha value is -3.15. The number of rotatable bonds is 4. The van der Waals surface area contributed by atoms with Gasteiger partial charge in [-0.1, -0.05) is 36.4 Å². The first-order valence-corrected chi connectivity index (χ1v) is 6.93. The van der Waals surface area contributed by atoms with Gasteiger partial charge in [0.25, 0.3) is 5.91 Å². The second-order valence-electron chi connectivity index (χ2n) is 4.88. The Morgan fingerprint density at radius 3 is 2.48 bits per heavy atom. The summed E-state index contributed by atoms with van der Waals surface area (Å²) in [5.41, 5.74) is 1.18. The fraction of sp³-hybridized carbons (Fsp3) is 0.0588. The zero-order chi connectivity index (χ0) is 16.2.